The number of aromatic nitrogens is 1. The zero-order valence-electron chi connectivity index (χ0n) is 12.9. The van der Waals surface area contributed by atoms with E-state index in [0.29, 0.717) is 24.5 Å². The van der Waals surface area contributed by atoms with E-state index < -0.39 is 5.82 Å². The molecule has 0 bridgehead atoms. The van der Waals surface area contributed by atoms with Crippen LogP contribution in [-0.4, -0.2) is 23.1 Å². The molecule has 1 atom stereocenters. The van der Waals surface area contributed by atoms with E-state index in [1.54, 1.807) is 20.9 Å². The van der Waals surface area contributed by atoms with Crippen LogP contribution < -0.4 is 14.5 Å². The summed E-state index contributed by atoms with van der Waals surface area (Å²) in [4.78, 5) is 25.8. The number of ether oxygens (including phenoxy) is 1. The first-order valence-corrected chi connectivity index (χ1v) is 8.25. The summed E-state index contributed by atoms with van der Waals surface area (Å²) >= 11 is 1.13. The van der Waals surface area contributed by atoms with Gasteiger partial charge in [-0.25, -0.2) is 4.39 Å². The number of fused-ring (bicyclic) bond motifs is 1. The van der Waals surface area contributed by atoms with Crippen molar-refractivity contribution in [2.45, 2.75) is 32.9 Å². The van der Waals surface area contributed by atoms with Gasteiger partial charge in [0.2, 0.25) is 5.91 Å². The third-order valence-electron chi connectivity index (χ3n) is 3.81. The number of rotatable bonds is 3. The van der Waals surface area contributed by atoms with Gasteiger partial charge in [0.15, 0.2) is 0 Å². The van der Waals surface area contributed by atoms with Gasteiger partial charge in [0.05, 0.1) is 12.2 Å². The first-order valence-electron chi connectivity index (χ1n) is 7.37. The van der Waals surface area contributed by atoms with Gasteiger partial charge in [0.1, 0.15) is 17.7 Å². The molecule has 0 unspecified atom stereocenters. The lowest BCUT2D eigenvalue weighted by atomic mass is 10.1. The van der Waals surface area contributed by atoms with Crippen molar-refractivity contribution in [2.24, 2.45) is 0 Å². The molecule has 0 radical (unpaired) electrons. The molecule has 1 amide bonds. The normalized spacial score (nSPS) is 16.8. The first-order chi connectivity index (χ1) is 11.0. The van der Waals surface area contributed by atoms with Gasteiger partial charge in [-0.1, -0.05) is 11.3 Å². The SMILES string of the molecule is Cc1csc(=O)n1CCC(=O)N1C[C@@H](C)Oc2cc(F)ccc21. The van der Waals surface area contributed by atoms with Gasteiger partial charge in [-0.05, 0) is 26.0 Å². The Bertz CT molecular complexity index is 799. The maximum atomic E-state index is 13.4. The van der Waals surface area contributed by atoms with Gasteiger partial charge in [-0.15, -0.1) is 0 Å². The number of aryl methyl sites for hydroxylation is 1. The third kappa shape index (κ3) is 3.14. The Hall–Kier alpha value is -2.15. The van der Waals surface area contributed by atoms with Crippen molar-refractivity contribution >= 4 is 22.9 Å². The summed E-state index contributed by atoms with van der Waals surface area (Å²) in [6, 6.07) is 4.15. The second-order valence-corrected chi connectivity index (χ2v) is 6.41. The van der Waals surface area contributed by atoms with E-state index in [1.807, 2.05) is 13.8 Å². The van der Waals surface area contributed by atoms with Crippen LogP contribution in [0.5, 0.6) is 5.75 Å². The van der Waals surface area contributed by atoms with E-state index in [4.69, 9.17) is 4.74 Å². The van der Waals surface area contributed by atoms with E-state index in [-0.39, 0.29) is 23.3 Å². The number of thiazole rings is 1. The molecule has 0 spiro atoms. The van der Waals surface area contributed by atoms with Crippen LogP contribution in [0.4, 0.5) is 10.1 Å². The number of nitrogens with zero attached hydrogens (tertiary/aromatic N) is 2. The molecular weight excluding hydrogens is 319 g/mol. The summed E-state index contributed by atoms with van der Waals surface area (Å²) in [6.45, 7) is 4.43. The number of anilines is 1. The fourth-order valence-corrected chi connectivity index (χ4v) is 3.43. The van der Waals surface area contributed by atoms with E-state index in [2.05, 4.69) is 0 Å². The van der Waals surface area contributed by atoms with Crippen molar-refractivity contribution in [1.82, 2.24) is 4.57 Å². The lowest BCUT2D eigenvalue weighted by Crippen LogP contribution is -2.42. The van der Waals surface area contributed by atoms with Gasteiger partial charge in [0, 0.05) is 30.1 Å². The average molecular weight is 336 g/mol. The monoisotopic (exact) mass is 336 g/mol. The quantitative estimate of drug-likeness (QED) is 0.866. The Morgan fingerprint density at radius 2 is 2.26 bits per heavy atom. The molecule has 122 valence electrons. The first kappa shape index (κ1) is 15.7. The maximum absolute atomic E-state index is 13.4. The molecular formula is C16H17FN2O3S. The van der Waals surface area contributed by atoms with Crippen molar-refractivity contribution in [3.8, 4) is 5.75 Å². The number of hydrogen-bond donors (Lipinski definition) is 0. The van der Waals surface area contributed by atoms with Gasteiger partial charge >= 0.3 is 4.87 Å². The van der Waals surface area contributed by atoms with Crippen LogP contribution in [0.15, 0.2) is 28.4 Å². The molecule has 0 aliphatic carbocycles. The van der Waals surface area contributed by atoms with Crippen molar-refractivity contribution < 1.29 is 13.9 Å². The number of halogens is 1. The lowest BCUT2D eigenvalue weighted by molar-refractivity contribution is -0.119. The van der Waals surface area contributed by atoms with Crippen LogP contribution in [-0.2, 0) is 11.3 Å². The number of hydrogen-bond acceptors (Lipinski definition) is 4. The molecule has 1 aliphatic heterocycles. The van der Waals surface area contributed by atoms with E-state index in [0.717, 1.165) is 17.0 Å². The highest BCUT2D eigenvalue weighted by atomic mass is 32.1. The molecule has 2 heterocycles. The second kappa shape index (κ2) is 6.16. The molecule has 0 saturated carbocycles. The maximum Gasteiger partial charge on any atom is 0.307 e. The van der Waals surface area contributed by atoms with Gasteiger partial charge < -0.3 is 14.2 Å². The minimum atomic E-state index is -0.398. The topological polar surface area (TPSA) is 51.5 Å². The third-order valence-corrected chi connectivity index (χ3v) is 4.69. The largest absolute Gasteiger partial charge is 0.487 e. The minimum Gasteiger partial charge on any atom is -0.487 e. The fraction of sp³-hybridized carbons (Fsp3) is 0.375. The summed E-state index contributed by atoms with van der Waals surface area (Å²) in [6.07, 6.45) is -0.0000508. The highest BCUT2D eigenvalue weighted by molar-refractivity contribution is 7.07. The zero-order valence-corrected chi connectivity index (χ0v) is 13.7. The molecule has 5 nitrogen and oxygen atoms in total. The lowest BCUT2D eigenvalue weighted by Gasteiger charge is -2.33. The van der Waals surface area contributed by atoms with Gasteiger partial charge in [-0.2, -0.15) is 0 Å². The molecule has 1 aromatic carbocycles. The molecule has 3 rings (SSSR count). The average Bonchev–Trinajstić information content (AvgIpc) is 2.82. The van der Waals surface area contributed by atoms with Crippen LogP contribution in [0.1, 0.15) is 19.0 Å². The van der Waals surface area contributed by atoms with Crippen molar-refractivity contribution in [1.29, 1.82) is 0 Å². The van der Waals surface area contributed by atoms with Gasteiger partial charge in [0.25, 0.3) is 0 Å². The predicted octanol–water partition coefficient (Wildman–Crippen LogP) is 2.56. The molecule has 2 aromatic rings. The van der Waals surface area contributed by atoms with Crippen molar-refractivity contribution in [3.05, 3.63) is 44.8 Å². The standard InChI is InChI=1S/C16H17FN2O3S/c1-10-9-23-16(21)18(10)6-5-15(20)19-8-11(2)22-14-7-12(17)3-4-13(14)19/h3-4,7,9,11H,5-6,8H2,1-2H3/t11-/m1/s1. The Morgan fingerprint density at radius 1 is 1.48 bits per heavy atom. The minimum absolute atomic E-state index is 0.0619. The van der Waals surface area contributed by atoms with Crippen LogP contribution in [0.25, 0.3) is 0 Å². The molecule has 1 aliphatic rings. The highest BCUT2D eigenvalue weighted by Gasteiger charge is 2.27. The Balaban J connectivity index is 1.79. The van der Waals surface area contributed by atoms with Crippen molar-refractivity contribution in [2.75, 3.05) is 11.4 Å². The van der Waals surface area contributed by atoms with Crippen LogP contribution in [0.3, 0.4) is 0 Å². The summed E-state index contributed by atoms with van der Waals surface area (Å²) in [5.41, 5.74) is 1.43. The zero-order chi connectivity index (χ0) is 16.6. The Morgan fingerprint density at radius 3 is 2.96 bits per heavy atom. The molecule has 1 aromatic heterocycles. The second-order valence-electron chi connectivity index (χ2n) is 5.59. The summed E-state index contributed by atoms with van der Waals surface area (Å²) in [7, 11) is 0. The number of carbonyl (C=O) groups excluding carboxylic acids is 1. The Kier molecular flexibility index (Phi) is 4.21. The van der Waals surface area contributed by atoms with Crippen LogP contribution in [0.2, 0.25) is 0 Å². The molecule has 23 heavy (non-hydrogen) atoms. The van der Waals surface area contributed by atoms with Crippen molar-refractivity contribution in [3.63, 3.8) is 0 Å². The molecule has 0 saturated heterocycles. The highest BCUT2D eigenvalue weighted by Crippen LogP contribution is 2.34. The molecule has 0 N–H and O–H groups in total. The summed E-state index contributed by atoms with van der Waals surface area (Å²) in [5, 5.41) is 1.78. The van der Waals surface area contributed by atoms with Gasteiger partial charge in [-0.3, -0.25) is 9.59 Å². The van der Waals surface area contributed by atoms with Crippen LogP contribution >= 0.6 is 11.3 Å². The Labute approximate surface area is 136 Å². The smallest absolute Gasteiger partial charge is 0.307 e. The van der Waals surface area contributed by atoms with E-state index in [1.165, 1.54) is 12.1 Å². The number of amides is 1. The summed E-state index contributed by atoms with van der Waals surface area (Å²) in [5.74, 6) is -0.128. The molecule has 7 heteroatoms. The van der Waals surface area contributed by atoms with E-state index in [9.17, 15) is 14.0 Å². The number of benzene rings is 1. The summed E-state index contributed by atoms with van der Waals surface area (Å²) < 4.78 is 20.5. The number of carbonyl (C=O) groups is 1. The van der Waals surface area contributed by atoms with E-state index >= 15 is 0 Å². The molecule has 0 fully saturated rings. The fourth-order valence-electron chi connectivity index (χ4n) is 2.67. The van der Waals surface area contributed by atoms with Crippen LogP contribution in [0, 0.1) is 12.7 Å². The predicted molar refractivity (Wildman–Crippen MR) is 86.8 cm³/mol.